The lowest BCUT2D eigenvalue weighted by atomic mass is 9.96. The van der Waals surface area contributed by atoms with Crippen LogP contribution in [-0.2, 0) is 0 Å². The summed E-state index contributed by atoms with van der Waals surface area (Å²) in [6.45, 7) is 0. The second-order valence-corrected chi connectivity index (χ2v) is 4.27. The Labute approximate surface area is 86.8 Å². The summed E-state index contributed by atoms with van der Waals surface area (Å²) in [5, 5.41) is 3.84. The van der Waals surface area contributed by atoms with Gasteiger partial charge in [0.1, 0.15) is 0 Å². The van der Waals surface area contributed by atoms with Crippen molar-refractivity contribution in [1.82, 2.24) is 8.75 Å². The molecule has 0 aromatic carbocycles. The summed E-state index contributed by atoms with van der Waals surface area (Å²) in [6.07, 6.45) is 6.45. The minimum absolute atomic E-state index is 0.510. The number of nitrogens with zero attached hydrogens (tertiary/aromatic N) is 2. The van der Waals surface area contributed by atoms with Gasteiger partial charge in [-0.25, -0.2) is 0 Å². The third-order valence-electron chi connectivity index (χ3n) is 2.39. The first kappa shape index (κ1) is 9.21. The number of hydrogen-bond acceptors (Lipinski definition) is 4. The van der Waals surface area contributed by atoms with Gasteiger partial charge in [0.15, 0.2) is 11.0 Å². The average molecular weight is 218 g/mol. The zero-order valence-electron chi connectivity index (χ0n) is 7.29. The number of halogens is 1. The summed E-state index contributed by atoms with van der Waals surface area (Å²) >= 11 is 6.99. The average Bonchev–Trinajstić information content (AvgIpc) is 2.54. The summed E-state index contributed by atoms with van der Waals surface area (Å²) in [4.78, 5) is 0. The summed E-state index contributed by atoms with van der Waals surface area (Å²) < 4.78 is 8.01. The van der Waals surface area contributed by atoms with E-state index in [1.54, 1.807) is 0 Å². The van der Waals surface area contributed by atoms with Crippen molar-refractivity contribution in [3.8, 4) is 0 Å². The molecule has 0 aliphatic heterocycles. The third-order valence-corrected chi connectivity index (χ3v) is 3.29. The van der Waals surface area contributed by atoms with Crippen LogP contribution in [0.3, 0.4) is 0 Å². The van der Waals surface area contributed by atoms with E-state index in [0.29, 0.717) is 11.2 Å². The molecule has 0 spiro atoms. The van der Waals surface area contributed by atoms with Gasteiger partial charge in [-0.3, -0.25) is 0 Å². The topological polar surface area (TPSA) is 37.8 Å². The molecule has 1 aliphatic rings. The molecule has 0 amide bonds. The van der Waals surface area contributed by atoms with Crippen molar-refractivity contribution >= 4 is 29.1 Å². The molecule has 0 saturated heterocycles. The van der Waals surface area contributed by atoms with Crippen molar-refractivity contribution in [2.45, 2.75) is 38.1 Å². The predicted molar refractivity (Wildman–Crippen MR) is 55.4 cm³/mol. The van der Waals surface area contributed by atoms with Gasteiger partial charge in [0.25, 0.3) is 0 Å². The Morgan fingerprint density at radius 2 is 2.00 bits per heavy atom. The highest BCUT2D eigenvalue weighted by atomic mass is 35.5. The van der Waals surface area contributed by atoms with Gasteiger partial charge in [0.05, 0.1) is 11.7 Å². The molecule has 0 atom stereocenters. The van der Waals surface area contributed by atoms with Crippen LogP contribution in [0.5, 0.6) is 0 Å². The van der Waals surface area contributed by atoms with Crippen molar-refractivity contribution in [2.24, 2.45) is 0 Å². The van der Waals surface area contributed by atoms with Crippen molar-refractivity contribution in [1.29, 1.82) is 0 Å². The van der Waals surface area contributed by atoms with Gasteiger partial charge in [-0.1, -0.05) is 30.9 Å². The highest BCUT2D eigenvalue weighted by Gasteiger charge is 2.15. The van der Waals surface area contributed by atoms with Gasteiger partial charge in [-0.15, -0.1) is 0 Å². The molecule has 1 N–H and O–H groups in total. The van der Waals surface area contributed by atoms with E-state index in [0.717, 1.165) is 17.5 Å². The van der Waals surface area contributed by atoms with Crippen molar-refractivity contribution in [2.75, 3.05) is 5.32 Å². The molecule has 5 heteroatoms. The van der Waals surface area contributed by atoms with Gasteiger partial charge in [0, 0.05) is 6.04 Å². The molecule has 1 saturated carbocycles. The largest absolute Gasteiger partial charge is 0.364 e. The van der Waals surface area contributed by atoms with Gasteiger partial charge >= 0.3 is 0 Å². The molecule has 2 rings (SSSR count). The highest BCUT2D eigenvalue weighted by Crippen LogP contribution is 2.24. The molecular weight excluding hydrogens is 206 g/mol. The maximum Gasteiger partial charge on any atom is 0.186 e. The Balaban J connectivity index is 1.93. The molecule has 72 valence electrons. The van der Waals surface area contributed by atoms with Crippen LogP contribution in [0, 0.1) is 0 Å². The second kappa shape index (κ2) is 4.24. The SMILES string of the molecule is Clc1nsnc1NC1CCCCC1. The first-order valence-electron chi connectivity index (χ1n) is 4.61. The Morgan fingerprint density at radius 3 is 2.62 bits per heavy atom. The molecule has 1 heterocycles. The lowest BCUT2D eigenvalue weighted by Crippen LogP contribution is -2.22. The van der Waals surface area contributed by atoms with Crippen LogP contribution in [0.4, 0.5) is 5.82 Å². The predicted octanol–water partition coefficient (Wildman–Crippen LogP) is 2.94. The van der Waals surface area contributed by atoms with Crippen LogP contribution >= 0.6 is 23.3 Å². The van der Waals surface area contributed by atoms with Crippen molar-refractivity contribution < 1.29 is 0 Å². The van der Waals surface area contributed by atoms with E-state index in [2.05, 4.69) is 14.1 Å². The van der Waals surface area contributed by atoms with Crippen LogP contribution in [0.25, 0.3) is 0 Å². The van der Waals surface area contributed by atoms with Crippen LogP contribution in [-0.4, -0.2) is 14.8 Å². The highest BCUT2D eigenvalue weighted by molar-refractivity contribution is 6.99. The maximum absolute atomic E-state index is 5.83. The summed E-state index contributed by atoms with van der Waals surface area (Å²) in [6, 6.07) is 0.551. The van der Waals surface area contributed by atoms with Crippen LogP contribution in [0.2, 0.25) is 5.15 Å². The zero-order valence-corrected chi connectivity index (χ0v) is 8.87. The molecule has 1 aromatic rings. The standard InChI is InChI=1S/C8H12ClN3S/c9-7-8(12-13-11-7)10-6-4-2-1-3-5-6/h6H,1-5H2,(H,10,12). The fourth-order valence-electron chi connectivity index (χ4n) is 1.70. The molecule has 0 bridgehead atoms. The molecule has 0 radical (unpaired) electrons. The number of aromatic nitrogens is 2. The Morgan fingerprint density at radius 1 is 1.23 bits per heavy atom. The summed E-state index contributed by atoms with van der Waals surface area (Å²) in [5.41, 5.74) is 0. The molecule has 1 aromatic heterocycles. The summed E-state index contributed by atoms with van der Waals surface area (Å²) in [7, 11) is 0. The van der Waals surface area contributed by atoms with Gasteiger partial charge < -0.3 is 5.32 Å². The van der Waals surface area contributed by atoms with E-state index in [9.17, 15) is 0 Å². The smallest absolute Gasteiger partial charge is 0.186 e. The minimum Gasteiger partial charge on any atom is -0.364 e. The van der Waals surface area contributed by atoms with E-state index in [4.69, 9.17) is 11.6 Å². The number of rotatable bonds is 2. The Bertz CT molecular complexity index is 270. The quantitative estimate of drug-likeness (QED) is 0.828. The lowest BCUT2D eigenvalue weighted by molar-refractivity contribution is 0.462. The Hall–Kier alpha value is -0.350. The molecule has 1 fully saturated rings. The normalized spacial score (nSPS) is 18.8. The number of nitrogens with one attached hydrogen (secondary N) is 1. The van der Waals surface area contributed by atoms with Crippen LogP contribution < -0.4 is 5.32 Å². The number of anilines is 1. The van der Waals surface area contributed by atoms with E-state index in [1.165, 1.54) is 32.1 Å². The molecular formula is C8H12ClN3S. The molecule has 13 heavy (non-hydrogen) atoms. The first-order chi connectivity index (χ1) is 6.36. The maximum atomic E-state index is 5.83. The van der Waals surface area contributed by atoms with Crippen LogP contribution in [0.1, 0.15) is 32.1 Å². The van der Waals surface area contributed by atoms with Gasteiger partial charge in [-0.05, 0) is 12.8 Å². The van der Waals surface area contributed by atoms with Gasteiger partial charge in [-0.2, -0.15) is 8.75 Å². The summed E-state index contributed by atoms with van der Waals surface area (Å²) in [5.74, 6) is 0.763. The van der Waals surface area contributed by atoms with E-state index < -0.39 is 0 Å². The fourth-order valence-corrected chi connectivity index (χ4v) is 2.36. The van der Waals surface area contributed by atoms with E-state index in [1.807, 2.05) is 0 Å². The number of hydrogen-bond donors (Lipinski definition) is 1. The van der Waals surface area contributed by atoms with Gasteiger partial charge in [0.2, 0.25) is 0 Å². The molecule has 3 nitrogen and oxygen atoms in total. The van der Waals surface area contributed by atoms with E-state index in [-0.39, 0.29) is 0 Å². The molecule has 1 aliphatic carbocycles. The van der Waals surface area contributed by atoms with Crippen molar-refractivity contribution in [3.63, 3.8) is 0 Å². The lowest BCUT2D eigenvalue weighted by Gasteiger charge is -2.22. The zero-order chi connectivity index (χ0) is 9.10. The third kappa shape index (κ3) is 2.31. The second-order valence-electron chi connectivity index (χ2n) is 3.38. The Kier molecular flexibility index (Phi) is 3.01. The monoisotopic (exact) mass is 217 g/mol. The first-order valence-corrected chi connectivity index (χ1v) is 5.71. The molecule has 0 unspecified atom stereocenters. The van der Waals surface area contributed by atoms with E-state index >= 15 is 0 Å². The fraction of sp³-hybridized carbons (Fsp3) is 0.750. The minimum atomic E-state index is 0.510. The van der Waals surface area contributed by atoms with Crippen molar-refractivity contribution in [3.05, 3.63) is 5.15 Å². The van der Waals surface area contributed by atoms with Crippen LogP contribution in [0.15, 0.2) is 0 Å².